The van der Waals surface area contributed by atoms with Crippen molar-refractivity contribution in [2.24, 2.45) is 5.92 Å². The Balaban J connectivity index is 2.15. The summed E-state index contributed by atoms with van der Waals surface area (Å²) in [5.74, 6) is -0.0652. The first kappa shape index (κ1) is 11.5. The molecule has 1 unspecified atom stereocenters. The highest BCUT2D eigenvalue weighted by Crippen LogP contribution is 2.25. The van der Waals surface area contributed by atoms with Crippen molar-refractivity contribution in [3.8, 4) is 0 Å². The Morgan fingerprint density at radius 3 is 2.79 bits per heavy atom. The minimum Gasteiger partial charge on any atom is -0.460 e. The van der Waals surface area contributed by atoms with Gasteiger partial charge >= 0.3 is 5.97 Å². The van der Waals surface area contributed by atoms with Crippen LogP contribution in [-0.2, 0) is 9.53 Å². The van der Waals surface area contributed by atoms with Gasteiger partial charge in [-0.3, -0.25) is 4.79 Å². The zero-order valence-electron chi connectivity index (χ0n) is 8.87. The highest BCUT2D eigenvalue weighted by molar-refractivity contribution is 5.74. The van der Waals surface area contributed by atoms with Crippen molar-refractivity contribution in [2.45, 2.75) is 51.6 Å². The molecule has 3 heteroatoms. The van der Waals surface area contributed by atoms with E-state index in [1.165, 1.54) is 19.3 Å². The summed E-state index contributed by atoms with van der Waals surface area (Å²) in [5.41, 5.74) is 0. The lowest BCUT2D eigenvalue weighted by molar-refractivity contribution is -0.145. The fourth-order valence-electron chi connectivity index (χ4n) is 1.89. The lowest BCUT2D eigenvalue weighted by Crippen LogP contribution is -2.10. The van der Waals surface area contributed by atoms with Crippen molar-refractivity contribution in [1.29, 1.82) is 0 Å². The molecule has 0 aromatic carbocycles. The van der Waals surface area contributed by atoms with E-state index >= 15 is 0 Å². The van der Waals surface area contributed by atoms with Gasteiger partial charge in [-0.15, -0.1) is 0 Å². The van der Waals surface area contributed by atoms with Crippen LogP contribution in [0.3, 0.4) is 0 Å². The van der Waals surface area contributed by atoms with Gasteiger partial charge in [-0.2, -0.15) is 0 Å². The second-order valence-electron chi connectivity index (χ2n) is 4.02. The number of hydrogen-bond donors (Lipinski definition) is 1. The Bertz CT molecular complexity index is 179. The van der Waals surface area contributed by atoms with Gasteiger partial charge in [0, 0.05) is 0 Å². The first-order valence-corrected chi connectivity index (χ1v) is 5.59. The Morgan fingerprint density at radius 2 is 2.21 bits per heavy atom. The lowest BCUT2D eigenvalue weighted by Gasteiger charge is -2.03. The summed E-state index contributed by atoms with van der Waals surface area (Å²) < 4.78 is 4.99. The number of aliphatic hydroxyl groups excluding tert-OH is 1. The van der Waals surface area contributed by atoms with E-state index in [1.807, 2.05) is 0 Å². The quantitative estimate of drug-likeness (QED) is 0.526. The summed E-state index contributed by atoms with van der Waals surface area (Å²) in [4.78, 5) is 11.3. The SMILES string of the molecule is CCCCCC[C@H]1CC(CO)OC1=O. The Labute approximate surface area is 85.5 Å². The van der Waals surface area contributed by atoms with Gasteiger partial charge in [-0.1, -0.05) is 32.6 Å². The summed E-state index contributed by atoms with van der Waals surface area (Å²) in [6, 6.07) is 0. The smallest absolute Gasteiger partial charge is 0.309 e. The molecule has 0 aromatic heterocycles. The number of aliphatic hydroxyl groups is 1. The van der Waals surface area contributed by atoms with Gasteiger partial charge in [0.1, 0.15) is 6.10 Å². The molecule has 0 saturated carbocycles. The van der Waals surface area contributed by atoms with Crippen molar-refractivity contribution >= 4 is 5.97 Å². The van der Waals surface area contributed by atoms with Gasteiger partial charge in [0.15, 0.2) is 0 Å². The van der Waals surface area contributed by atoms with Crippen LogP contribution < -0.4 is 0 Å². The largest absolute Gasteiger partial charge is 0.460 e. The van der Waals surface area contributed by atoms with E-state index < -0.39 is 0 Å². The van der Waals surface area contributed by atoms with E-state index in [2.05, 4.69) is 6.92 Å². The zero-order chi connectivity index (χ0) is 10.4. The van der Waals surface area contributed by atoms with Crippen molar-refractivity contribution in [1.82, 2.24) is 0 Å². The van der Waals surface area contributed by atoms with Crippen LogP contribution in [0.2, 0.25) is 0 Å². The molecule has 1 rings (SSSR count). The molecule has 0 spiro atoms. The molecule has 1 heterocycles. The average molecular weight is 200 g/mol. The maximum atomic E-state index is 11.3. The summed E-state index contributed by atoms with van der Waals surface area (Å²) in [5, 5.41) is 8.83. The van der Waals surface area contributed by atoms with Crippen molar-refractivity contribution in [3.05, 3.63) is 0 Å². The molecule has 0 aliphatic carbocycles. The summed E-state index contributed by atoms with van der Waals surface area (Å²) >= 11 is 0. The molecule has 1 N–H and O–H groups in total. The van der Waals surface area contributed by atoms with Crippen LogP contribution >= 0.6 is 0 Å². The van der Waals surface area contributed by atoms with Crippen molar-refractivity contribution < 1.29 is 14.6 Å². The molecule has 3 nitrogen and oxygen atoms in total. The van der Waals surface area contributed by atoms with E-state index in [1.54, 1.807) is 0 Å². The van der Waals surface area contributed by atoms with Crippen LogP contribution in [0.15, 0.2) is 0 Å². The third-order valence-electron chi connectivity index (χ3n) is 2.77. The molecule has 0 bridgehead atoms. The lowest BCUT2D eigenvalue weighted by atomic mass is 9.97. The number of rotatable bonds is 6. The minimum absolute atomic E-state index is 0.0306. The summed E-state index contributed by atoms with van der Waals surface area (Å²) in [6.07, 6.45) is 6.16. The molecule has 0 aromatic rings. The average Bonchev–Trinajstić information content (AvgIpc) is 2.54. The number of carbonyl (C=O) groups is 1. The van der Waals surface area contributed by atoms with E-state index in [0.717, 1.165) is 12.8 Å². The van der Waals surface area contributed by atoms with E-state index in [9.17, 15) is 4.79 Å². The molecule has 2 atom stereocenters. The standard InChI is InChI=1S/C11H20O3/c1-2-3-4-5-6-9-7-10(8-12)14-11(9)13/h9-10,12H,2-8H2,1H3/t9-,10?/m0/s1. The summed E-state index contributed by atoms with van der Waals surface area (Å²) in [7, 11) is 0. The van der Waals surface area contributed by atoms with Gasteiger partial charge < -0.3 is 9.84 Å². The normalized spacial score (nSPS) is 26.6. The van der Waals surface area contributed by atoms with Gasteiger partial charge in [-0.25, -0.2) is 0 Å². The van der Waals surface area contributed by atoms with Crippen LogP contribution in [0.25, 0.3) is 0 Å². The molecule has 82 valence electrons. The zero-order valence-corrected chi connectivity index (χ0v) is 8.87. The van der Waals surface area contributed by atoms with Crippen LogP contribution in [0, 0.1) is 5.92 Å². The Hall–Kier alpha value is -0.570. The number of ether oxygens (including phenoxy) is 1. The van der Waals surface area contributed by atoms with E-state index in [0.29, 0.717) is 6.42 Å². The molecule has 1 aliphatic heterocycles. The molecule has 14 heavy (non-hydrogen) atoms. The van der Waals surface area contributed by atoms with Gasteiger partial charge in [-0.05, 0) is 12.8 Å². The number of carbonyl (C=O) groups excluding carboxylic acids is 1. The fraction of sp³-hybridized carbons (Fsp3) is 0.909. The van der Waals surface area contributed by atoms with E-state index in [4.69, 9.17) is 9.84 Å². The Morgan fingerprint density at radius 1 is 1.43 bits per heavy atom. The predicted octanol–water partition coefficient (Wildman–Crippen LogP) is 1.88. The second kappa shape index (κ2) is 6.02. The number of esters is 1. The predicted molar refractivity (Wildman–Crippen MR) is 53.8 cm³/mol. The van der Waals surface area contributed by atoms with Crippen LogP contribution in [-0.4, -0.2) is 23.8 Å². The number of unbranched alkanes of at least 4 members (excludes halogenated alkanes) is 3. The van der Waals surface area contributed by atoms with Crippen LogP contribution in [0.5, 0.6) is 0 Å². The first-order chi connectivity index (χ1) is 6.77. The highest BCUT2D eigenvalue weighted by atomic mass is 16.6. The molecule has 1 aliphatic rings. The van der Waals surface area contributed by atoms with Gasteiger partial charge in [0.25, 0.3) is 0 Å². The van der Waals surface area contributed by atoms with Crippen LogP contribution in [0.1, 0.15) is 45.4 Å². The van der Waals surface area contributed by atoms with Crippen LogP contribution in [0.4, 0.5) is 0 Å². The molecule has 1 fully saturated rings. The molecule has 1 saturated heterocycles. The minimum atomic E-state index is -0.237. The topological polar surface area (TPSA) is 46.5 Å². The van der Waals surface area contributed by atoms with Gasteiger partial charge in [0.2, 0.25) is 0 Å². The third kappa shape index (κ3) is 3.29. The monoisotopic (exact) mass is 200 g/mol. The Kier molecular flexibility index (Phi) is 4.94. The van der Waals surface area contributed by atoms with Gasteiger partial charge in [0.05, 0.1) is 12.5 Å². The second-order valence-corrected chi connectivity index (χ2v) is 4.02. The maximum absolute atomic E-state index is 11.3. The highest BCUT2D eigenvalue weighted by Gasteiger charge is 2.33. The first-order valence-electron chi connectivity index (χ1n) is 5.59. The number of cyclic esters (lactones) is 1. The fourth-order valence-corrected chi connectivity index (χ4v) is 1.89. The summed E-state index contributed by atoms with van der Waals surface area (Å²) in [6.45, 7) is 2.14. The molecule has 0 radical (unpaired) electrons. The third-order valence-corrected chi connectivity index (χ3v) is 2.77. The molecule has 0 amide bonds. The number of hydrogen-bond acceptors (Lipinski definition) is 3. The van der Waals surface area contributed by atoms with Crippen molar-refractivity contribution in [3.63, 3.8) is 0 Å². The molecular formula is C11H20O3. The molecular weight excluding hydrogens is 180 g/mol. The van der Waals surface area contributed by atoms with E-state index in [-0.39, 0.29) is 24.6 Å². The maximum Gasteiger partial charge on any atom is 0.309 e. The van der Waals surface area contributed by atoms with Crippen molar-refractivity contribution in [2.75, 3.05) is 6.61 Å².